The Kier molecular flexibility index (Phi) is 53.8. The van der Waals surface area contributed by atoms with Gasteiger partial charge in [-0.1, -0.05) is 252 Å². The van der Waals surface area contributed by atoms with Crippen LogP contribution in [-0.2, 0) is 32.7 Å². The molecule has 0 aromatic rings. The summed E-state index contributed by atoms with van der Waals surface area (Å²) >= 11 is 0. The molecule has 0 amide bonds. The highest BCUT2D eigenvalue weighted by atomic mass is 31.2. The number of phosphoric ester groups is 1. The van der Waals surface area contributed by atoms with E-state index < -0.39 is 26.5 Å². The number of allylic oxidation sites excluding steroid dienone is 16. The molecule has 0 aliphatic heterocycles. The Morgan fingerprint density at radius 3 is 1.15 bits per heavy atom. The van der Waals surface area contributed by atoms with Gasteiger partial charge < -0.3 is 20.1 Å². The number of nitrogens with two attached hydrogens (primary N) is 1. The van der Waals surface area contributed by atoms with Crippen LogP contribution in [0.2, 0.25) is 0 Å². The topological polar surface area (TPSA) is 134 Å². The maximum atomic E-state index is 12.7. The second-order valence-electron chi connectivity index (χ2n) is 18.8. The number of carbonyl (C=O) groups excluding carboxylic acids is 2. The first-order chi connectivity index (χ1) is 34.8. The first-order valence-electron chi connectivity index (χ1n) is 28.7. The second-order valence-corrected chi connectivity index (χ2v) is 20.2. The van der Waals surface area contributed by atoms with Gasteiger partial charge in [-0.25, -0.2) is 4.57 Å². The summed E-state index contributed by atoms with van der Waals surface area (Å²) in [6, 6.07) is 0. The maximum Gasteiger partial charge on any atom is 0.472 e. The summed E-state index contributed by atoms with van der Waals surface area (Å²) in [6.07, 6.45) is 74.5. The van der Waals surface area contributed by atoms with Gasteiger partial charge in [0.25, 0.3) is 0 Å². The van der Waals surface area contributed by atoms with Crippen molar-refractivity contribution in [1.82, 2.24) is 0 Å². The van der Waals surface area contributed by atoms with E-state index in [9.17, 15) is 19.0 Å². The lowest BCUT2D eigenvalue weighted by Crippen LogP contribution is -2.29. The first-order valence-corrected chi connectivity index (χ1v) is 30.2. The number of hydrogen-bond donors (Lipinski definition) is 2. The summed E-state index contributed by atoms with van der Waals surface area (Å²) in [7, 11) is -4.39. The average molecular weight is 1010 g/mol. The lowest BCUT2D eigenvalue weighted by molar-refractivity contribution is -0.161. The normalized spacial score (nSPS) is 13.8. The molecule has 3 N–H and O–H groups in total. The van der Waals surface area contributed by atoms with Gasteiger partial charge in [-0.3, -0.25) is 18.6 Å². The Morgan fingerprint density at radius 2 is 0.775 bits per heavy atom. The van der Waals surface area contributed by atoms with Crippen molar-refractivity contribution < 1.29 is 37.6 Å². The van der Waals surface area contributed by atoms with Crippen LogP contribution in [0, 0.1) is 0 Å². The summed E-state index contributed by atoms with van der Waals surface area (Å²) < 4.78 is 33.0. The molecule has 0 rings (SSSR count). The van der Waals surface area contributed by atoms with Gasteiger partial charge in [0.15, 0.2) is 6.10 Å². The maximum absolute atomic E-state index is 12.7. The van der Waals surface area contributed by atoms with Crippen LogP contribution in [0.3, 0.4) is 0 Å². The zero-order chi connectivity index (χ0) is 51.7. The molecule has 0 spiro atoms. The quantitative estimate of drug-likeness (QED) is 0.0264. The van der Waals surface area contributed by atoms with Crippen LogP contribution in [0.4, 0.5) is 0 Å². The molecule has 0 aliphatic carbocycles. The molecule has 0 aliphatic rings. The average Bonchev–Trinajstić information content (AvgIpc) is 3.36. The van der Waals surface area contributed by atoms with Gasteiger partial charge in [-0.15, -0.1) is 0 Å². The zero-order valence-corrected chi connectivity index (χ0v) is 46.3. The van der Waals surface area contributed by atoms with E-state index in [4.69, 9.17) is 24.3 Å². The summed E-state index contributed by atoms with van der Waals surface area (Å²) in [5.74, 6) is -0.835. The molecule has 2 unspecified atom stereocenters. The third-order valence-corrected chi connectivity index (χ3v) is 13.0. The van der Waals surface area contributed by atoms with Gasteiger partial charge in [-0.2, -0.15) is 0 Å². The van der Waals surface area contributed by atoms with E-state index in [1.54, 1.807) is 0 Å². The van der Waals surface area contributed by atoms with E-state index in [1.165, 1.54) is 116 Å². The molecule has 0 bridgehead atoms. The summed E-state index contributed by atoms with van der Waals surface area (Å²) in [6.45, 7) is 3.63. The Hall–Kier alpha value is -3.07. The highest BCUT2D eigenvalue weighted by Gasteiger charge is 2.26. The van der Waals surface area contributed by atoms with Crippen molar-refractivity contribution in [2.75, 3.05) is 26.4 Å². The fourth-order valence-corrected chi connectivity index (χ4v) is 8.54. The molecule has 408 valence electrons. The molecular formula is C61H106NO8P. The highest BCUT2D eigenvalue weighted by molar-refractivity contribution is 7.47. The number of esters is 2. The number of ether oxygens (including phenoxy) is 2. The molecule has 0 saturated carbocycles. The summed E-state index contributed by atoms with van der Waals surface area (Å²) in [5.41, 5.74) is 5.38. The van der Waals surface area contributed by atoms with E-state index in [2.05, 4.69) is 111 Å². The van der Waals surface area contributed by atoms with Crippen molar-refractivity contribution in [3.8, 4) is 0 Å². The Morgan fingerprint density at radius 1 is 0.437 bits per heavy atom. The molecule has 0 saturated heterocycles. The Balaban J connectivity index is 4.02. The Labute approximate surface area is 436 Å². The van der Waals surface area contributed by atoms with Crippen LogP contribution in [0.15, 0.2) is 97.2 Å². The van der Waals surface area contributed by atoms with Crippen molar-refractivity contribution in [2.45, 2.75) is 251 Å². The van der Waals surface area contributed by atoms with Crippen molar-refractivity contribution in [1.29, 1.82) is 0 Å². The predicted octanol–water partition coefficient (Wildman–Crippen LogP) is 18.1. The van der Waals surface area contributed by atoms with Gasteiger partial charge in [-0.05, 0) is 77.0 Å². The SMILES string of the molecule is CC/C=C\C/C=C\C/C=C\C/C=C\C/C=C\C/C=C\C/C=C\C/C=C\CCCCCCCCCCC(=O)OC(COC(=O)CCCCCCCCCCCCCCCCCCC)COP(=O)(O)OCCN. The minimum Gasteiger partial charge on any atom is -0.462 e. The van der Waals surface area contributed by atoms with Gasteiger partial charge >= 0.3 is 19.8 Å². The van der Waals surface area contributed by atoms with Crippen molar-refractivity contribution in [3.63, 3.8) is 0 Å². The molecule has 9 nitrogen and oxygen atoms in total. The summed E-state index contributed by atoms with van der Waals surface area (Å²) in [5, 5.41) is 0. The lowest BCUT2D eigenvalue weighted by atomic mass is 10.0. The minimum atomic E-state index is -4.39. The molecule has 0 heterocycles. The fraction of sp³-hybridized carbons (Fsp3) is 0.705. The molecule has 0 aromatic heterocycles. The van der Waals surface area contributed by atoms with E-state index in [-0.39, 0.29) is 38.6 Å². The van der Waals surface area contributed by atoms with Crippen LogP contribution < -0.4 is 5.73 Å². The van der Waals surface area contributed by atoms with Crippen LogP contribution >= 0.6 is 7.82 Å². The van der Waals surface area contributed by atoms with Gasteiger partial charge in [0.1, 0.15) is 6.61 Å². The minimum absolute atomic E-state index is 0.0488. The Bertz CT molecular complexity index is 1480. The number of unbranched alkanes of at least 4 members (excludes halogenated alkanes) is 24. The van der Waals surface area contributed by atoms with E-state index in [0.717, 1.165) is 96.3 Å². The lowest BCUT2D eigenvalue weighted by Gasteiger charge is -2.19. The molecule has 71 heavy (non-hydrogen) atoms. The van der Waals surface area contributed by atoms with Crippen molar-refractivity contribution in [2.24, 2.45) is 5.73 Å². The van der Waals surface area contributed by atoms with Gasteiger partial charge in [0.2, 0.25) is 0 Å². The van der Waals surface area contributed by atoms with Gasteiger partial charge in [0.05, 0.1) is 13.2 Å². The van der Waals surface area contributed by atoms with Crippen molar-refractivity contribution in [3.05, 3.63) is 97.2 Å². The smallest absolute Gasteiger partial charge is 0.462 e. The molecule has 2 atom stereocenters. The standard InChI is InChI=1S/C61H106NO8P/c1-3-5-7-9-11-13-15-17-19-21-22-23-24-25-26-27-28-29-30-31-32-33-34-35-36-38-40-42-44-46-48-50-52-54-61(64)70-59(58-69-71(65,66)68-56-55-62)57-67-60(63)53-51-49-47-45-43-41-39-37-20-18-16-14-12-10-8-6-4-2/h5,7,11,13,17,19,22-23,25-26,28-29,31-32,34-35,59H,3-4,6,8-10,12,14-16,18,20-21,24,27,30,33,36-58,62H2,1-2H3,(H,65,66)/b7-5-,13-11-,19-17-,23-22-,26-25-,29-28-,32-31-,35-34-. The van der Waals surface area contributed by atoms with Crippen LogP contribution in [0.1, 0.15) is 245 Å². The van der Waals surface area contributed by atoms with Crippen molar-refractivity contribution >= 4 is 19.8 Å². The molecule has 0 aromatic carbocycles. The van der Waals surface area contributed by atoms with Gasteiger partial charge in [0, 0.05) is 19.4 Å². The van der Waals surface area contributed by atoms with Crippen LogP contribution in [0.5, 0.6) is 0 Å². The van der Waals surface area contributed by atoms with Crippen LogP contribution in [0.25, 0.3) is 0 Å². The number of hydrogen-bond acceptors (Lipinski definition) is 8. The number of rotatable bonds is 53. The number of carbonyl (C=O) groups is 2. The van der Waals surface area contributed by atoms with E-state index in [0.29, 0.717) is 6.42 Å². The van der Waals surface area contributed by atoms with E-state index in [1.807, 2.05) is 0 Å². The first kappa shape index (κ1) is 67.9. The highest BCUT2D eigenvalue weighted by Crippen LogP contribution is 2.43. The second kappa shape index (κ2) is 56.2. The molecule has 0 radical (unpaired) electrons. The molecule has 10 heteroatoms. The largest absolute Gasteiger partial charge is 0.472 e. The molecular weight excluding hydrogens is 906 g/mol. The predicted molar refractivity (Wildman–Crippen MR) is 302 cm³/mol. The molecule has 0 fully saturated rings. The summed E-state index contributed by atoms with van der Waals surface area (Å²) in [4.78, 5) is 35.1. The van der Waals surface area contributed by atoms with Crippen LogP contribution in [-0.4, -0.2) is 49.3 Å². The third-order valence-electron chi connectivity index (χ3n) is 12.0. The number of phosphoric acid groups is 1. The van der Waals surface area contributed by atoms with E-state index >= 15 is 0 Å². The third kappa shape index (κ3) is 56.1. The zero-order valence-electron chi connectivity index (χ0n) is 45.4. The monoisotopic (exact) mass is 1010 g/mol. The fourth-order valence-electron chi connectivity index (χ4n) is 7.77.